The second-order valence-electron chi connectivity index (χ2n) is 6.47. The van der Waals surface area contributed by atoms with Gasteiger partial charge in [0.15, 0.2) is 11.7 Å². The maximum Gasteiger partial charge on any atom is 0.338 e. The molecule has 0 saturated heterocycles. The Morgan fingerprint density at radius 2 is 1.74 bits per heavy atom. The second-order valence-corrected chi connectivity index (χ2v) is 7.80. The van der Waals surface area contributed by atoms with Crippen molar-refractivity contribution in [1.82, 2.24) is 16.2 Å². The molecule has 10 nitrogen and oxygen atoms in total. The lowest BCUT2D eigenvalue weighted by Crippen LogP contribution is -2.49. The molecule has 0 aromatic heterocycles. The van der Waals surface area contributed by atoms with Crippen molar-refractivity contribution in [3.8, 4) is 11.5 Å². The molecule has 2 rings (SSSR count). The summed E-state index contributed by atoms with van der Waals surface area (Å²) in [6.07, 6.45) is 0. The van der Waals surface area contributed by atoms with Crippen LogP contribution in [0, 0.1) is 0 Å². The zero-order valence-electron chi connectivity index (χ0n) is 18.5. The van der Waals surface area contributed by atoms with Crippen LogP contribution in [-0.4, -0.2) is 56.4 Å². The van der Waals surface area contributed by atoms with Crippen molar-refractivity contribution in [3.05, 3.63) is 58.1 Å². The highest BCUT2D eigenvalue weighted by molar-refractivity contribution is 9.10. The van der Waals surface area contributed by atoms with Gasteiger partial charge < -0.3 is 18.9 Å². The standard InChI is InChI=1S/C22H24BrN3O7S/c1-3-31-21(29)14-4-7-16(8-5-14)33-13-19(27)25-26-22(34)24-20(28)17-12-15(23)6-9-18(17)32-11-10-30-2/h4-9,12H,3,10-11,13H2,1-2H3,(H,25,27)(H2,24,26,28,34). The molecule has 2 aromatic rings. The van der Waals surface area contributed by atoms with E-state index in [-0.39, 0.29) is 30.5 Å². The van der Waals surface area contributed by atoms with Crippen molar-refractivity contribution in [2.75, 3.05) is 33.5 Å². The summed E-state index contributed by atoms with van der Waals surface area (Å²) in [5.74, 6) is -0.778. The van der Waals surface area contributed by atoms with Crippen molar-refractivity contribution in [3.63, 3.8) is 0 Å². The summed E-state index contributed by atoms with van der Waals surface area (Å²) < 4.78 is 21.4. The molecule has 0 aliphatic carbocycles. The summed E-state index contributed by atoms with van der Waals surface area (Å²) in [5.41, 5.74) is 5.37. The molecule has 182 valence electrons. The Labute approximate surface area is 210 Å². The van der Waals surface area contributed by atoms with Gasteiger partial charge in [0.2, 0.25) is 0 Å². The zero-order valence-corrected chi connectivity index (χ0v) is 20.9. The molecule has 0 bridgehead atoms. The fourth-order valence-electron chi connectivity index (χ4n) is 2.46. The minimum absolute atomic E-state index is 0.125. The average Bonchev–Trinajstić information content (AvgIpc) is 2.82. The fourth-order valence-corrected chi connectivity index (χ4v) is 2.96. The lowest BCUT2D eigenvalue weighted by atomic mass is 10.2. The van der Waals surface area contributed by atoms with Crippen LogP contribution in [-0.2, 0) is 14.3 Å². The van der Waals surface area contributed by atoms with Crippen molar-refractivity contribution in [2.24, 2.45) is 0 Å². The van der Waals surface area contributed by atoms with Crippen LogP contribution in [0.2, 0.25) is 0 Å². The molecule has 12 heteroatoms. The highest BCUT2D eigenvalue weighted by Crippen LogP contribution is 2.23. The number of rotatable bonds is 10. The van der Waals surface area contributed by atoms with Gasteiger partial charge in [-0.2, -0.15) is 0 Å². The van der Waals surface area contributed by atoms with Crippen molar-refractivity contribution >= 4 is 51.0 Å². The number of benzene rings is 2. The van der Waals surface area contributed by atoms with Gasteiger partial charge in [-0.05, 0) is 61.6 Å². The minimum atomic E-state index is -0.544. The first kappa shape index (κ1) is 27.0. The van der Waals surface area contributed by atoms with Crippen LogP contribution < -0.4 is 25.6 Å². The first-order chi connectivity index (χ1) is 16.3. The highest BCUT2D eigenvalue weighted by Gasteiger charge is 2.15. The summed E-state index contributed by atoms with van der Waals surface area (Å²) in [7, 11) is 1.55. The quantitative estimate of drug-likeness (QED) is 0.176. The van der Waals surface area contributed by atoms with E-state index in [0.29, 0.717) is 28.1 Å². The molecule has 0 atom stereocenters. The molecule has 0 fully saturated rings. The summed E-state index contributed by atoms with van der Waals surface area (Å²) >= 11 is 8.37. The number of methoxy groups -OCH3 is 1. The second kappa shape index (κ2) is 14.1. The predicted octanol–water partition coefficient (Wildman–Crippen LogP) is 2.37. The van der Waals surface area contributed by atoms with E-state index in [0.717, 1.165) is 0 Å². The Balaban J connectivity index is 1.80. The molecule has 0 aliphatic rings. The number of nitrogens with one attached hydrogen (secondary N) is 3. The van der Waals surface area contributed by atoms with Gasteiger partial charge in [0.1, 0.15) is 18.1 Å². The molecule has 3 N–H and O–H groups in total. The zero-order chi connectivity index (χ0) is 24.9. The topological polar surface area (TPSA) is 124 Å². The van der Waals surface area contributed by atoms with Crippen LogP contribution in [0.5, 0.6) is 11.5 Å². The lowest BCUT2D eigenvalue weighted by Gasteiger charge is -2.14. The smallest absolute Gasteiger partial charge is 0.338 e. The van der Waals surface area contributed by atoms with Crippen LogP contribution in [0.15, 0.2) is 46.9 Å². The molecule has 0 spiro atoms. The number of halogens is 1. The lowest BCUT2D eigenvalue weighted by molar-refractivity contribution is -0.123. The van der Waals surface area contributed by atoms with E-state index < -0.39 is 17.8 Å². The van der Waals surface area contributed by atoms with Crippen molar-refractivity contribution in [1.29, 1.82) is 0 Å². The number of amides is 2. The molecule has 0 unspecified atom stereocenters. The number of hydrazine groups is 1. The third-order valence-corrected chi connectivity index (χ3v) is 4.71. The van der Waals surface area contributed by atoms with Gasteiger partial charge >= 0.3 is 5.97 Å². The number of esters is 1. The maximum atomic E-state index is 12.6. The molecule has 2 aromatic carbocycles. The van der Waals surface area contributed by atoms with Gasteiger partial charge in [0.05, 0.1) is 24.3 Å². The van der Waals surface area contributed by atoms with E-state index in [4.69, 9.17) is 31.2 Å². The molecule has 0 heterocycles. The van der Waals surface area contributed by atoms with Crippen LogP contribution in [0.1, 0.15) is 27.6 Å². The normalized spacial score (nSPS) is 10.1. The SMILES string of the molecule is CCOC(=O)c1ccc(OCC(=O)NNC(=S)NC(=O)c2cc(Br)ccc2OCCOC)cc1. The molecular formula is C22H24BrN3O7S. The van der Waals surface area contributed by atoms with Gasteiger partial charge in [0.25, 0.3) is 11.8 Å². The number of ether oxygens (including phenoxy) is 4. The Morgan fingerprint density at radius 3 is 2.41 bits per heavy atom. The summed E-state index contributed by atoms with van der Waals surface area (Å²) in [4.78, 5) is 36.2. The Hall–Kier alpha value is -3.22. The molecular weight excluding hydrogens is 530 g/mol. The highest BCUT2D eigenvalue weighted by atomic mass is 79.9. The van der Waals surface area contributed by atoms with Gasteiger partial charge in [-0.15, -0.1) is 0 Å². The van der Waals surface area contributed by atoms with E-state index in [1.54, 1.807) is 44.4 Å². The summed E-state index contributed by atoms with van der Waals surface area (Å²) in [5, 5.41) is 2.34. The van der Waals surface area contributed by atoms with Gasteiger partial charge in [-0.25, -0.2) is 4.79 Å². The number of carbonyl (C=O) groups is 3. The van der Waals surface area contributed by atoms with E-state index >= 15 is 0 Å². The van der Waals surface area contributed by atoms with Crippen LogP contribution >= 0.6 is 28.1 Å². The fraction of sp³-hybridized carbons (Fsp3) is 0.273. The van der Waals surface area contributed by atoms with Crippen molar-refractivity contribution < 1.29 is 33.3 Å². The summed E-state index contributed by atoms with van der Waals surface area (Å²) in [6.45, 7) is 2.30. The number of carbonyl (C=O) groups excluding carboxylic acids is 3. The predicted molar refractivity (Wildman–Crippen MR) is 131 cm³/mol. The Bertz CT molecular complexity index is 1020. The van der Waals surface area contributed by atoms with Gasteiger partial charge in [0, 0.05) is 11.6 Å². The minimum Gasteiger partial charge on any atom is -0.490 e. The third-order valence-electron chi connectivity index (χ3n) is 4.01. The molecule has 0 aliphatic heterocycles. The number of hydrogen-bond donors (Lipinski definition) is 3. The largest absolute Gasteiger partial charge is 0.490 e. The molecule has 0 radical (unpaired) electrons. The van der Waals surface area contributed by atoms with Crippen LogP contribution in [0.3, 0.4) is 0 Å². The summed E-state index contributed by atoms with van der Waals surface area (Å²) in [6, 6.07) is 11.1. The molecule has 2 amide bonds. The Morgan fingerprint density at radius 1 is 1.00 bits per heavy atom. The third kappa shape index (κ3) is 8.96. The van der Waals surface area contributed by atoms with E-state index in [9.17, 15) is 14.4 Å². The van der Waals surface area contributed by atoms with E-state index in [1.807, 2.05) is 0 Å². The maximum absolute atomic E-state index is 12.6. The van der Waals surface area contributed by atoms with E-state index in [1.165, 1.54) is 12.1 Å². The van der Waals surface area contributed by atoms with Crippen molar-refractivity contribution in [2.45, 2.75) is 6.92 Å². The van der Waals surface area contributed by atoms with Crippen LogP contribution in [0.4, 0.5) is 0 Å². The molecule has 34 heavy (non-hydrogen) atoms. The number of hydrogen-bond acceptors (Lipinski definition) is 8. The van der Waals surface area contributed by atoms with Gasteiger partial charge in [-0.3, -0.25) is 25.8 Å². The molecule has 0 saturated carbocycles. The van der Waals surface area contributed by atoms with E-state index in [2.05, 4.69) is 32.1 Å². The Kier molecular flexibility index (Phi) is 11.2. The monoisotopic (exact) mass is 553 g/mol. The van der Waals surface area contributed by atoms with Crippen LogP contribution in [0.25, 0.3) is 0 Å². The average molecular weight is 554 g/mol. The number of thiocarbonyl (C=S) groups is 1. The van der Waals surface area contributed by atoms with Gasteiger partial charge in [-0.1, -0.05) is 15.9 Å². The first-order valence-electron chi connectivity index (χ1n) is 10.1. The first-order valence-corrected chi connectivity index (χ1v) is 11.3.